The largest absolute Gasteiger partial charge is 0.488 e. The van der Waals surface area contributed by atoms with Crippen molar-refractivity contribution >= 4 is 35.0 Å². The lowest BCUT2D eigenvalue weighted by Crippen LogP contribution is -2.19. The number of nitrogen functional groups attached to an aromatic ring is 1. The van der Waals surface area contributed by atoms with E-state index < -0.39 is 5.60 Å². The third-order valence-corrected chi connectivity index (χ3v) is 5.69. The molecule has 0 radical (unpaired) electrons. The van der Waals surface area contributed by atoms with Crippen LogP contribution in [0.15, 0.2) is 66.7 Å². The summed E-state index contributed by atoms with van der Waals surface area (Å²) in [6.07, 6.45) is 4.41. The van der Waals surface area contributed by atoms with E-state index in [1.807, 2.05) is 55.5 Å². The average molecular weight is 479 g/mol. The Morgan fingerprint density at radius 1 is 1.12 bits per heavy atom. The zero-order chi connectivity index (χ0) is 24.7. The van der Waals surface area contributed by atoms with Gasteiger partial charge in [-0.1, -0.05) is 48.0 Å². The van der Waals surface area contributed by atoms with Gasteiger partial charge in [0.1, 0.15) is 12.4 Å². The molecule has 178 valence electrons. The lowest BCUT2D eigenvalue weighted by Gasteiger charge is -2.21. The molecule has 0 saturated carbocycles. The van der Waals surface area contributed by atoms with E-state index in [0.29, 0.717) is 41.6 Å². The molecule has 0 fully saturated rings. The highest BCUT2D eigenvalue weighted by Crippen LogP contribution is 2.32. The number of ether oxygens (including phenoxy) is 1. The monoisotopic (exact) mass is 478 g/mol. The van der Waals surface area contributed by atoms with E-state index >= 15 is 0 Å². The van der Waals surface area contributed by atoms with Gasteiger partial charge in [0.05, 0.1) is 17.0 Å². The van der Waals surface area contributed by atoms with Gasteiger partial charge in [-0.3, -0.25) is 4.79 Å². The first-order valence-corrected chi connectivity index (χ1v) is 11.6. The molecule has 1 amide bonds. The van der Waals surface area contributed by atoms with Crippen molar-refractivity contribution in [3.05, 3.63) is 94.0 Å². The van der Waals surface area contributed by atoms with E-state index in [1.54, 1.807) is 32.1 Å². The van der Waals surface area contributed by atoms with Crippen molar-refractivity contribution in [3.8, 4) is 5.75 Å². The quantitative estimate of drug-likeness (QED) is 0.254. The summed E-state index contributed by atoms with van der Waals surface area (Å²) < 4.78 is 6.28. The summed E-state index contributed by atoms with van der Waals surface area (Å²) in [6.45, 7) is 5.96. The first-order valence-electron chi connectivity index (χ1n) is 11.2. The Balaban J connectivity index is 1.87. The second-order valence-corrected chi connectivity index (χ2v) is 9.35. The number of benzene rings is 3. The number of amides is 1. The number of para-hydroxylation sites is 2. The highest BCUT2D eigenvalue weighted by Gasteiger charge is 2.18. The minimum Gasteiger partial charge on any atom is -0.488 e. The third-order valence-electron chi connectivity index (χ3n) is 5.44. The molecule has 0 aliphatic heterocycles. The van der Waals surface area contributed by atoms with Gasteiger partial charge in [0.25, 0.3) is 0 Å². The first-order chi connectivity index (χ1) is 16.1. The number of aryl methyl sites for hydroxylation is 1. The number of carbonyl (C=O) groups is 1. The summed E-state index contributed by atoms with van der Waals surface area (Å²) in [5.41, 5.74) is 10.0. The molecule has 3 aromatic carbocycles. The summed E-state index contributed by atoms with van der Waals surface area (Å²) >= 11 is 6.00. The zero-order valence-corrected chi connectivity index (χ0v) is 20.5. The van der Waals surface area contributed by atoms with Gasteiger partial charge in [-0.15, -0.1) is 0 Å². The van der Waals surface area contributed by atoms with Gasteiger partial charge >= 0.3 is 0 Å². The molecular formula is C28H31ClN2O3. The van der Waals surface area contributed by atoms with Crippen molar-refractivity contribution in [1.29, 1.82) is 0 Å². The number of hydrogen-bond donors (Lipinski definition) is 3. The molecule has 34 heavy (non-hydrogen) atoms. The number of anilines is 2. The van der Waals surface area contributed by atoms with Crippen molar-refractivity contribution in [2.75, 3.05) is 11.1 Å². The molecule has 4 N–H and O–H groups in total. The van der Waals surface area contributed by atoms with Crippen LogP contribution < -0.4 is 15.8 Å². The molecule has 0 bridgehead atoms. The number of halogens is 1. The van der Waals surface area contributed by atoms with Crippen LogP contribution in [0.25, 0.3) is 6.08 Å². The van der Waals surface area contributed by atoms with E-state index in [2.05, 4.69) is 5.32 Å². The Morgan fingerprint density at radius 3 is 2.50 bits per heavy atom. The second-order valence-electron chi connectivity index (χ2n) is 8.92. The molecule has 0 unspecified atom stereocenters. The highest BCUT2D eigenvalue weighted by molar-refractivity contribution is 6.30. The Hall–Kier alpha value is -3.28. The van der Waals surface area contributed by atoms with E-state index in [1.165, 1.54) is 6.08 Å². The van der Waals surface area contributed by atoms with Crippen molar-refractivity contribution < 1.29 is 14.6 Å². The molecule has 6 heteroatoms. The normalized spacial score (nSPS) is 11.6. The van der Waals surface area contributed by atoms with Gasteiger partial charge in [0, 0.05) is 16.7 Å². The zero-order valence-electron chi connectivity index (χ0n) is 19.8. The van der Waals surface area contributed by atoms with Crippen LogP contribution in [0.4, 0.5) is 11.4 Å². The fraction of sp³-hybridized carbons (Fsp3) is 0.250. The molecule has 0 spiro atoms. The van der Waals surface area contributed by atoms with E-state index in [9.17, 15) is 9.90 Å². The molecular weight excluding hydrogens is 448 g/mol. The maximum Gasteiger partial charge on any atom is 0.248 e. The molecule has 3 aromatic rings. The van der Waals surface area contributed by atoms with Gasteiger partial charge in [-0.2, -0.15) is 0 Å². The molecule has 0 saturated heterocycles. The van der Waals surface area contributed by atoms with E-state index in [0.717, 1.165) is 22.3 Å². The number of carbonyl (C=O) groups excluding carboxylic acids is 1. The Kier molecular flexibility index (Phi) is 8.37. The lowest BCUT2D eigenvalue weighted by molar-refractivity contribution is -0.111. The molecule has 0 aromatic heterocycles. The van der Waals surface area contributed by atoms with E-state index in [-0.39, 0.29) is 5.91 Å². The van der Waals surface area contributed by atoms with Crippen LogP contribution in [-0.2, 0) is 17.8 Å². The topological polar surface area (TPSA) is 84.6 Å². The smallest absolute Gasteiger partial charge is 0.248 e. The predicted molar refractivity (Wildman–Crippen MR) is 140 cm³/mol. The third kappa shape index (κ3) is 7.37. The molecule has 0 aliphatic rings. The standard InChI is InChI=1S/C28H31ClN2O3/c1-19-8-11-21(12-15-26(32)31-25-7-5-4-6-24(25)30)27(23(19)16-17-28(2,3)33)34-18-20-9-13-22(29)14-10-20/h4-15,33H,16-18,30H2,1-3H3,(H,31,32)/b15-12-. The number of nitrogens with one attached hydrogen (secondary N) is 1. The predicted octanol–water partition coefficient (Wildman–Crippen LogP) is 6.17. The summed E-state index contributed by atoms with van der Waals surface area (Å²) in [5, 5.41) is 13.7. The van der Waals surface area contributed by atoms with Gasteiger partial charge in [0.15, 0.2) is 0 Å². The maximum absolute atomic E-state index is 12.5. The molecule has 0 heterocycles. The van der Waals surface area contributed by atoms with Crippen LogP contribution in [0.5, 0.6) is 5.75 Å². The van der Waals surface area contributed by atoms with Crippen LogP contribution in [0.1, 0.15) is 42.5 Å². The minimum absolute atomic E-state index is 0.292. The number of rotatable bonds is 9. The molecule has 0 aliphatic carbocycles. The van der Waals surface area contributed by atoms with Crippen molar-refractivity contribution in [3.63, 3.8) is 0 Å². The van der Waals surface area contributed by atoms with Crippen LogP contribution >= 0.6 is 11.6 Å². The van der Waals surface area contributed by atoms with Gasteiger partial charge in [-0.25, -0.2) is 0 Å². The van der Waals surface area contributed by atoms with Crippen LogP contribution in [0.2, 0.25) is 5.02 Å². The Bertz CT molecular complexity index is 1170. The average Bonchev–Trinajstić information content (AvgIpc) is 2.78. The van der Waals surface area contributed by atoms with Crippen molar-refractivity contribution in [2.45, 2.75) is 45.8 Å². The summed E-state index contributed by atoms with van der Waals surface area (Å²) in [7, 11) is 0. The van der Waals surface area contributed by atoms with Gasteiger partial charge in [-0.05, 0) is 80.6 Å². The van der Waals surface area contributed by atoms with Gasteiger partial charge in [0.2, 0.25) is 5.91 Å². The fourth-order valence-electron chi connectivity index (χ4n) is 3.47. The highest BCUT2D eigenvalue weighted by atomic mass is 35.5. The molecule has 0 atom stereocenters. The van der Waals surface area contributed by atoms with Crippen molar-refractivity contribution in [1.82, 2.24) is 0 Å². The Labute approximate surface area is 206 Å². The number of hydrogen-bond acceptors (Lipinski definition) is 4. The van der Waals surface area contributed by atoms with Crippen LogP contribution in [-0.4, -0.2) is 16.6 Å². The fourth-order valence-corrected chi connectivity index (χ4v) is 3.60. The molecule has 3 rings (SSSR count). The first kappa shape index (κ1) is 25.3. The van der Waals surface area contributed by atoms with E-state index in [4.69, 9.17) is 22.1 Å². The SMILES string of the molecule is Cc1ccc(/C=C\C(=O)Nc2ccccc2N)c(OCc2ccc(Cl)cc2)c1CCC(C)(C)O. The number of aliphatic hydroxyl groups is 1. The summed E-state index contributed by atoms with van der Waals surface area (Å²) in [4.78, 5) is 12.5. The summed E-state index contributed by atoms with van der Waals surface area (Å²) in [5.74, 6) is 0.405. The summed E-state index contributed by atoms with van der Waals surface area (Å²) in [6, 6.07) is 18.5. The number of nitrogens with two attached hydrogens (primary N) is 1. The lowest BCUT2D eigenvalue weighted by atomic mass is 9.93. The second kappa shape index (κ2) is 11.2. The molecule has 5 nitrogen and oxygen atoms in total. The maximum atomic E-state index is 12.5. The van der Waals surface area contributed by atoms with Crippen LogP contribution in [0, 0.1) is 6.92 Å². The Morgan fingerprint density at radius 2 is 1.82 bits per heavy atom. The minimum atomic E-state index is -0.804. The van der Waals surface area contributed by atoms with Gasteiger partial charge < -0.3 is 20.9 Å². The van der Waals surface area contributed by atoms with Crippen molar-refractivity contribution in [2.24, 2.45) is 0 Å². The van der Waals surface area contributed by atoms with Crippen LogP contribution in [0.3, 0.4) is 0 Å².